The summed E-state index contributed by atoms with van der Waals surface area (Å²) in [4.78, 5) is 8.09. The van der Waals surface area contributed by atoms with Crippen molar-refractivity contribution < 1.29 is 5.11 Å². The maximum absolute atomic E-state index is 9.21. The molecule has 2 rings (SSSR count). The lowest BCUT2D eigenvalue weighted by molar-refractivity contribution is 0.253. The Kier molecular flexibility index (Phi) is 11.4. The molecule has 2 aromatic rings. The fraction of sp³-hybridized carbons (Fsp3) is 0.571. The number of aryl methyl sites for hydroxylation is 1. The van der Waals surface area contributed by atoms with E-state index in [0.29, 0.717) is 5.92 Å². The molecule has 0 radical (unpaired) electrons. The number of guanidine groups is 1. The molecule has 1 unspecified atom stereocenters. The molecule has 0 spiro atoms. The van der Waals surface area contributed by atoms with E-state index in [1.54, 1.807) is 0 Å². The summed E-state index contributed by atoms with van der Waals surface area (Å²) < 4.78 is 0. The van der Waals surface area contributed by atoms with Gasteiger partial charge in [0.15, 0.2) is 5.96 Å². The highest BCUT2D eigenvalue weighted by atomic mass is 127. The topological polar surface area (TPSA) is 72.4 Å². The summed E-state index contributed by atoms with van der Waals surface area (Å²) in [6.07, 6.45) is 6.12. The molecule has 5 nitrogen and oxygen atoms in total. The Morgan fingerprint density at radius 2 is 2.04 bits per heavy atom. The van der Waals surface area contributed by atoms with Crippen molar-refractivity contribution >= 4 is 40.8 Å². The SMILES string of the molecule is CCCC(CCO)CN=C(NCC)NCCc1c[nH]c2cccc(C)c12.I. The van der Waals surface area contributed by atoms with Gasteiger partial charge in [-0.2, -0.15) is 0 Å². The highest BCUT2D eigenvalue weighted by Gasteiger charge is 2.08. The number of nitrogens with one attached hydrogen (secondary N) is 3. The number of aromatic nitrogens is 1. The molecular formula is C21H35IN4O. The lowest BCUT2D eigenvalue weighted by Crippen LogP contribution is -2.38. The molecule has 1 heterocycles. The minimum atomic E-state index is 0. The number of H-pyrrole nitrogens is 1. The van der Waals surface area contributed by atoms with Crippen molar-refractivity contribution in [1.82, 2.24) is 15.6 Å². The molecule has 0 aliphatic rings. The number of rotatable bonds is 10. The van der Waals surface area contributed by atoms with Crippen LogP contribution in [-0.2, 0) is 6.42 Å². The highest BCUT2D eigenvalue weighted by Crippen LogP contribution is 2.22. The first kappa shape index (κ1) is 23.8. The number of halogens is 1. The summed E-state index contributed by atoms with van der Waals surface area (Å²) in [5.74, 6) is 1.32. The normalized spacial score (nSPS) is 12.7. The Morgan fingerprint density at radius 1 is 1.22 bits per heavy atom. The third-order valence-electron chi connectivity index (χ3n) is 4.77. The number of aliphatic hydroxyl groups excluding tert-OH is 1. The summed E-state index contributed by atoms with van der Waals surface area (Å²) in [7, 11) is 0. The number of benzene rings is 1. The van der Waals surface area contributed by atoms with E-state index in [1.165, 1.54) is 22.0 Å². The van der Waals surface area contributed by atoms with Gasteiger partial charge in [-0.05, 0) is 56.2 Å². The Bertz CT molecular complexity index is 693. The van der Waals surface area contributed by atoms with Gasteiger partial charge in [-0.15, -0.1) is 24.0 Å². The van der Waals surface area contributed by atoms with Crippen molar-refractivity contribution in [2.75, 3.05) is 26.2 Å². The molecule has 152 valence electrons. The van der Waals surface area contributed by atoms with Crippen molar-refractivity contribution in [3.63, 3.8) is 0 Å². The van der Waals surface area contributed by atoms with Gasteiger partial charge in [0.25, 0.3) is 0 Å². The lowest BCUT2D eigenvalue weighted by Gasteiger charge is -2.15. The average Bonchev–Trinajstić information content (AvgIpc) is 3.04. The van der Waals surface area contributed by atoms with Gasteiger partial charge >= 0.3 is 0 Å². The molecule has 4 N–H and O–H groups in total. The second kappa shape index (κ2) is 13.0. The summed E-state index contributed by atoms with van der Waals surface area (Å²) in [5, 5.41) is 17.3. The maximum atomic E-state index is 9.21. The zero-order valence-electron chi connectivity index (χ0n) is 16.8. The molecule has 1 aromatic carbocycles. The Labute approximate surface area is 180 Å². The molecular weight excluding hydrogens is 451 g/mol. The van der Waals surface area contributed by atoms with E-state index >= 15 is 0 Å². The first-order valence-corrected chi connectivity index (χ1v) is 9.88. The third kappa shape index (κ3) is 7.33. The minimum Gasteiger partial charge on any atom is -0.396 e. The van der Waals surface area contributed by atoms with Gasteiger partial charge in [-0.3, -0.25) is 4.99 Å². The van der Waals surface area contributed by atoms with Gasteiger partial charge in [0.05, 0.1) is 0 Å². The molecule has 0 saturated carbocycles. The zero-order chi connectivity index (χ0) is 18.8. The first-order chi connectivity index (χ1) is 12.7. The van der Waals surface area contributed by atoms with E-state index in [2.05, 4.69) is 60.8 Å². The van der Waals surface area contributed by atoms with Crippen molar-refractivity contribution in [2.24, 2.45) is 10.9 Å². The summed E-state index contributed by atoms with van der Waals surface area (Å²) in [5.41, 5.74) is 3.85. The molecule has 6 heteroatoms. The molecule has 1 atom stereocenters. The highest BCUT2D eigenvalue weighted by molar-refractivity contribution is 14.0. The minimum absolute atomic E-state index is 0. The van der Waals surface area contributed by atoms with Crippen molar-refractivity contribution in [3.8, 4) is 0 Å². The zero-order valence-corrected chi connectivity index (χ0v) is 19.2. The molecule has 0 fully saturated rings. The predicted molar refractivity (Wildman–Crippen MR) is 126 cm³/mol. The van der Waals surface area contributed by atoms with E-state index in [-0.39, 0.29) is 30.6 Å². The van der Waals surface area contributed by atoms with Gasteiger partial charge in [-0.1, -0.05) is 25.5 Å². The lowest BCUT2D eigenvalue weighted by atomic mass is 10.0. The van der Waals surface area contributed by atoms with Crippen LogP contribution in [0.25, 0.3) is 10.9 Å². The fourth-order valence-corrected chi connectivity index (χ4v) is 3.44. The van der Waals surface area contributed by atoms with Gasteiger partial charge in [-0.25, -0.2) is 0 Å². The summed E-state index contributed by atoms with van der Waals surface area (Å²) in [6, 6.07) is 6.37. The fourth-order valence-electron chi connectivity index (χ4n) is 3.44. The van der Waals surface area contributed by atoms with Crippen LogP contribution in [0.4, 0.5) is 0 Å². The van der Waals surface area contributed by atoms with E-state index in [4.69, 9.17) is 4.99 Å². The van der Waals surface area contributed by atoms with Crippen molar-refractivity contribution in [3.05, 3.63) is 35.5 Å². The summed E-state index contributed by atoms with van der Waals surface area (Å²) >= 11 is 0. The molecule has 27 heavy (non-hydrogen) atoms. The summed E-state index contributed by atoms with van der Waals surface area (Å²) in [6.45, 7) is 9.11. The second-order valence-corrected chi connectivity index (χ2v) is 6.87. The first-order valence-electron chi connectivity index (χ1n) is 9.88. The van der Waals surface area contributed by atoms with Gasteiger partial charge in [0.1, 0.15) is 0 Å². The van der Waals surface area contributed by atoms with E-state index in [0.717, 1.165) is 51.3 Å². The van der Waals surface area contributed by atoms with E-state index < -0.39 is 0 Å². The molecule has 0 bridgehead atoms. The number of fused-ring (bicyclic) bond motifs is 1. The van der Waals surface area contributed by atoms with Crippen molar-refractivity contribution in [2.45, 2.75) is 46.5 Å². The molecule has 1 aromatic heterocycles. The van der Waals surface area contributed by atoms with Crippen LogP contribution >= 0.6 is 24.0 Å². The van der Waals surface area contributed by atoms with Crippen LogP contribution in [0, 0.1) is 12.8 Å². The van der Waals surface area contributed by atoms with Crippen LogP contribution in [-0.4, -0.2) is 42.3 Å². The molecule has 0 saturated heterocycles. The van der Waals surface area contributed by atoms with Gasteiger partial charge in [0.2, 0.25) is 0 Å². The predicted octanol–water partition coefficient (Wildman–Crippen LogP) is 3.99. The number of hydrogen-bond donors (Lipinski definition) is 4. The van der Waals surface area contributed by atoms with Crippen LogP contribution in [0.15, 0.2) is 29.4 Å². The largest absolute Gasteiger partial charge is 0.396 e. The Hall–Kier alpha value is -1.28. The van der Waals surface area contributed by atoms with E-state index in [1.807, 2.05) is 0 Å². The van der Waals surface area contributed by atoms with E-state index in [9.17, 15) is 5.11 Å². The van der Waals surface area contributed by atoms with Crippen LogP contribution in [0.3, 0.4) is 0 Å². The number of hydrogen-bond acceptors (Lipinski definition) is 2. The molecule has 0 amide bonds. The van der Waals surface area contributed by atoms with Crippen LogP contribution < -0.4 is 10.6 Å². The Morgan fingerprint density at radius 3 is 2.74 bits per heavy atom. The quantitative estimate of drug-likeness (QED) is 0.233. The molecule has 0 aliphatic heterocycles. The number of aliphatic imine (C=N–C) groups is 1. The standard InChI is InChI=1S/C21H34N4O.HI/c1-4-7-17(11-13-26)14-25-21(22-5-2)23-12-10-18-15-24-19-9-6-8-16(3)20(18)19;/h6,8-9,15,17,24,26H,4-5,7,10-14H2,1-3H3,(H2,22,23,25);1H. The van der Waals surface area contributed by atoms with Crippen LogP contribution in [0.5, 0.6) is 0 Å². The maximum Gasteiger partial charge on any atom is 0.191 e. The van der Waals surface area contributed by atoms with Crippen LogP contribution in [0.1, 0.15) is 44.2 Å². The number of nitrogens with zero attached hydrogens (tertiary/aromatic N) is 1. The van der Waals surface area contributed by atoms with Crippen molar-refractivity contribution in [1.29, 1.82) is 0 Å². The third-order valence-corrected chi connectivity index (χ3v) is 4.77. The second-order valence-electron chi connectivity index (χ2n) is 6.87. The molecule has 0 aliphatic carbocycles. The monoisotopic (exact) mass is 486 g/mol. The van der Waals surface area contributed by atoms with Gasteiger partial charge in [0, 0.05) is 43.3 Å². The smallest absolute Gasteiger partial charge is 0.191 e. The Balaban J connectivity index is 0.00000364. The number of aliphatic hydroxyl groups is 1. The number of aromatic amines is 1. The van der Waals surface area contributed by atoms with Crippen LogP contribution in [0.2, 0.25) is 0 Å². The average molecular weight is 486 g/mol. The van der Waals surface area contributed by atoms with Gasteiger partial charge < -0.3 is 20.7 Å².